The molecule has 1 aliphatic heterocycles. The van der Waals surface area contributed by atoms with Crippen molar-refractivity contribution in [1.82, 2.24) is 15.5 Å². The first-order valence-electron chi connectivity index (χ1n) is 8.52. The van der Waals surface area contributed by atoms with Crippen LogP contribution in [0.3, 0.4) is 0 Å². The van der Waals surface area contributed by atoms with Gasteiger partial charge < -0.3 is 20.6 Å². The summed E-state index contributed by atoms with van der Waals surface area (Å²) in [6.45, 7) is 0.919. The normalized spacial score (nSPS) is 24.3. The Kier molecular flexibility index (Phi) is 6.64. The zero-order valence-corrected chi connectivity index (χ0v) is 13.5. The summed E-state index contributed by atoms with van der Waals surface area (Å²) >= 11 is 0. The predicted octanol–water partition coefficient (Wildman–Crippen LogP) is 0.254. The van der Waals surface area contributed by atoms with Gasteiger partial charge in [-0.05, 0) is 38.6 Å². The molecule has 2 aliphatic rings. The van der Waals surface area contributed by atoms with Crippen LogP contribution in [0.15, 0.2) is 0 Å². The summed E-state index contributed by atoms with van der Waals surface area (Å²) in [4.78, 5) is 26.7. The number of amides is 2. The van der Waals surface area contributed by atoms with E-state index in [1.807, 2.05) is 0 Å². The number of aliphatic hydroxyl groups excluding tert-OH is 1. The number of hydrogen-bond donors (Lipinski definition) is 3. The Balaban J connectivity index is 2.07. The van der Waals surface area contributed by atoms with E-state index in [4.69, 9.17) is 0 Å². The average molecular weight is 311 g/mol. The molecule has 1 heterocycles. The monoisotopic (exact) mass is 311 g/mol. The minimum atomic E-state index is -0.437. The standard InChI is InChI=1S/C16H29N3O3/c1-17-10-14(21)18-15(12-6-3-2-4-7-12)16(22)19-9-5-8-13(19)11-20/h12-13,15,17,20H,2-11H2,1H3,(H,18,21). The van der Waals surface area contributed by atoms with Crippen LogP contribution in [0.4, 0.5) is 0 Å². The maximum atomic E-state index is 12.9. The van der Waals surface area contributed by atoms with Gasteiger partial charge in [-0.1, -0.05) is 19.3 Å². The SMILES string of the molecule is CNCC(=O)NC(C(=O)N1CCCC1CO)C1CCCCC1. The Morgan fingerprint density at radius 2 is 1.91 bits per heavy atom. The molecule has 3 N–H and O–H groups in total. The number of nitrogens with zero attached hydrogens (tertiary/aromatic N) is 1. The van der Waals surface area contributed by atoms with Gasteiger partial charge in [-0.2, -0.15) is 0 Å². The highest BCUT2D eigenvalue weighted by atomic mass is 16.3. The number of likely N-dealkylation sites (N-methyl/N-ethyl adjacent to an activating group) is 1. The van der Waals surface area contributed by atoms with Crippen molar-refractivity contribution in [2.45, 2.75) is 57.0 Å². The molecule has 22 heavy (non-hydrogen) atoms. The van der Waals surface area contributed by atoms with Crippen molar-refractivity contribution >= 4 is 11.8 Å². The topological polar surface area (TPSA) is 81.7 Å². The molecule has 0 spiro atoms. The molecule has 126 valence electrons. The van der Waals surface area contributed by atoms with Crippen LogP contribution in [-0.2, 0) is 9.59 Å². The second-order valence-electron chi connectivity index (χ2n) is 6.48. The quantitative estimate of drug-likeness (QED) is 0.657. The van der Waals surface area contributed by atoms with Gasteiger partial charge in [-0.25, -0.2) is 0 Å². The van der Waals surface area contributed by atoms with E-state index in [0.29, 0.717) is 6.54 Å². The van der Waals surface area contributed by atoms with Gasteiger partial charge >= 0.3 is 0 Å². The minimum Gasteiger partial charge on any atom is -0.394 e. The number of aliphatic hydroxyl groups is 1. The van der Waals surface area contributed by atoms with Crippen LogP contribution in [0.25, 0.3) is 0 Å². The number of nitrogens with one attached hydrogen (secondary N) is 2. The van der Waals surface area contributed by atoms with Gasteiger partial charge in [0, 0.05) is 6.54 Å². The van der Waals surface area contributed by atoms with Crippen LogP contribution in [0.1, 0.15) is 44.9 Å². The lowest BCUT2D eigenvalue weighted by Gasteiger charge is -2.34. The summed E-state index contributed by atoms with van der Waals surface area (Å²) in [5.74, 6) is 0.0843. The lowest BCUT2D eigenvalue weighted by Crippen LogP contribution is -2.55. The number of carbonyl (C=O) groups excluding carboxylic acids is 2. The molecule has 0 radical (unpaired) electrons. The van der Waals surface area contributed by atoms with Crippen molar-refractivity contribution < 1.29 is 14.7 Å². The van der Waals surface area contributed by atoms with Gasteiger partial charge in [0.25, 0.3) is 0 Å². The largest absolute Gasteiger partial charge is 0.394 e. The smallest absolute Gasteiger partial charge is 0.245 e. The highest BCUT2D eigenvalue weighted by Crippen LogP contribution is 2.29. The molecular weight excluding hydrogens is 282 g/mol. The van der Waals surface area contributed by atoms with Crippen LogP contribution in [0.5, 0.6) is 0 Å². The van der Waals surface area contributed by atoms with Gasteiger partial charge in [0.05, 0.1) is 19.2 Å². The van der Waals surface area contributed by atoms with Crippen LogP contribution in [0.2, 0.25) is 0 Å². The highest BCUT2D eigenvalue weighted by Gasteiger charge is 2.37. The summed E-state index contributed by atoms with van der Waals surface area (Å²) < 4.78 is 0. The van der Waals surface area contributed by atoms with E-state index < -0.39 is 6.04 Å². The zero-order valence-electron chi connectivity index (χ0n) is 13.5. The average Bonchev–Trinajstić information content (AvgIpc) is 3.01. The van der Waals surface area contributed by atoms with E-state index in [-0.39, 0.29) is 36.9 Å². The van der Waals surface area contributed by atoms with Crippen LogP contribution in [0, 0.1) is 5.92 Å². The van der Waals surface area contributed by atoms with Gasteiger partial charge in [0.15, 0.2) is 0 Å². The van der Waals surface area contributed by atoms with Crippen molar-refractivity contribution in [2.75, 3.05) is 26.7 Å². The van der Waals surface area contributed by atoms with Crippen molar-refractivity contribution in [3.05, 3.63) is 0 Å². The molecule has 0 aromatic heterocycles. The van der Waals surface area contributed by atoms with Gasteiger partial charge in [0.1, 0.15) is 6.04 Å². The Hall–Kier alpha value is -1.14. The number of carbonyl (C=O) groups is 2. The molecule has 6 nitrogen and oxygen atoms in total. The Morgan fingerprint density at radius 3 is 2.55 bits per heavy atom. The van der Waals surface area contributed by atoms with Crippen LogP contribution in [-0.4, -0.2) is 60.6 Å². The number of likely N-dealkylation sites (tertiary alicyclic amines) is 1. The third kappa shape index (κ3) is 4.20. The van der Waals surface area contributed by atoms with Crippen molar-refractivity contribution in [3.8, 4) is 0 Å². The molecule has 2 atom stereocenters. The van der Waals surface area contributed by atoms with Gasteiger partial charge in [0.2, 0.25) is 11.8 Å². The molecule has 1 aliphatic carbocycles. The second-order valence-corrected chi connectivity index (χ2v) is 6.48. The summed E-state index contributed by atoms with van der Waals surface area (Å²) in [7, 11) is 1.72. The van der Waals surface area contributed by atoms with E-state index in [9.17, 15) is 14.7 Å². The Labute approximate surface area is 132 Å². The molecule has 2 amide bonds. The zero-order chi connectivity index (χ0) is 15.9. The van der Waals surface area contributed by atoms with Crippen molar-refractivity contribution in [3.63, 3.8) is 0 Å². The summed E-state index contributed by atoms with van der Waals surface area (Å²) in [6, 6.07) is -0.520. The fraction of sp³-hybridized carbons (Fsp3) is 0.875. The molecule has 1 saturated carbocycles. The predicted molar refractivity (Wildman–Crippen MR) is 84.3 cm³/mol. The van der Waals surface area contributed by atoms with E-state index in [2.05, 4.69) is 10.6 Å². The van der Waals surface area contributed by atoms with Crippen molar-refractivity contribution in [2.24, 2.45) is 5.92 Å². The van der Waals surface area contributed by atoms with Gasteiger partial charge in [-0.3, -0.25) is 9.59 Å². The lowest BCUT2D eigenvalue weighted by molar-refractivity contribution is -0.139. The first-order valence-corrected chi connectivity index (χ1v) is 8.52. The third-order valence-electron chi connectivity index (χ3n) is 4.91. The Bertz CT molecular complexity index is 383. The van der Waals surface area contributed by atoms with E-state index >= 15 is 0 Å². The third-order valence-corrected chi connectivity index (χ3v) is 4.91. The number of hydrogen-bond acceptors (Lipinski definition) is 4. The van der Waals surface area contributed by atoms with Crippen LogP contribution < -0.4 is 10.6 Å². The van der Waals surface area contributed by atoms with E-state index in [0.717, 1.165) is 38.5 Å². The summed E-state index contributed by atoms with van der Waals surface area (Å²) in [6.07, 6.45) is 7.23. The fourth-order valence-corrected chi connectivity index (χ4v) is 3.73. The minimum absolute atomic E-state index is 0.00657. The Morgan fingerprint density at radius 1 is 1.18 bits per heavy atom. The first-order chi connectivity index (χ1) is 10.7. The molecule has 2 unspecified atom stereocenters. The molecular formula is C16H29N3O3. The molecule has 2 fully saturated rings. The summed E-state index contributed by atoms with van der Waals surface area (Å²) in [5, 5.41) is 15.2. The molecule has 6 heteroatoms. The lowest BCUT2D eigenvalue weighted by atomic mass is 9.83. The molecule has 0 aromatic rings. The van der Waals surface area contributed by atoms with E-state index in [1.54, 1.807) is 11.9 Å². The molecule has 0 aromatic carbocycles. The highest BCUT2D eigenvalue weighted by molar-refractivity contribution is 5.89. The van der Waals surface area contributed by atoms with E-state index in [1.165, 1.54) is 6.42 Å². The summed E-state index contributed by atoms with van der Waals surface area (Å²) in [5.41, 5.74) is 0. The molecule has 0 bridgehead atoms. The maximum Gasteiger partial charge on any atom is 0.245 e. The molecule has 1 saturated heterocycles. The maximum absolute atomic E-state index is 12.9. The number of rotatable bonds is 6. The fourth-order valence-electron chi connectivity index (χ4n) is 3.73. The van der Waals surface area contributed by atoms with Crippen molar-refractivity contribution in [1.29, 1.82) is 0 Å². The first kappa shape index (κ1) is 17.2. The molecule has 2 rings (SSSR count). The van der Waals surface area contributed by atoms with Crippen LogP contribution >= 0.6 is 0 Å². The second kappa shape index (κ2) is 8.48. The van der Waals surface area contributed by atoms with Gasteiger partial charge in [-0.15, -0.1) is 0 Å².